The summed E-state index contributed by atoms with van der Waals surface area (Å²) in [6.07, 6.45) is 6.36. The predicted molar refractivity (Wildman–Crippen MR) is 110 cm³/mol. The van der Waals surface area contributed by atoms with Gasteiger partial charge in [-0.2, -0.15) is 10.1 Å². The van der Waals surface area contributed by atoms with Gasteiger partial charge in [0.15, 0.2) is 0 Å². The second kappa shape index (κ2) is 7.96. The van der Waals surface area contributed by atoms with Gasteiger partial charge in [0.05, 0.1) is 0 Å². The maximum Gasteiger partial charge on any atom is 0.252 e. The van der Waals surface area contributed by atoms with Crippen molar-refractivity contribution in [2.75, 3.05) is 23.3 Å². The molecule has 1 N–H and O–H groups in total. The van der Waals surface area contributed by atoms with Crippen molar-refractivity contribution in [3.05, 3.63) is 47.5 Å². The molecule has 0 bridgehead atoms. The summed E-state index contributed by atoms with van der Waals surface area (Å²) in [5.74, 6) is 0.597. The van der Waals surface area contributed by atoms with E-state index in [-0.39, 0.29) is 5.91 Å². The third-order valence-corrected chi connectivity index (χ3v) is 5.46. The molecule has 2 aromatic heterocycles. The van der Waals surface area contributed by atoms with Crippen molar-refractivity contribution in [2.45, 2.75) is 46.0 Å². The summed E-state index contributed by atoms with van der Waals surface area (Å²) in [4.78, 5) is 23.4. The Hall–Kier alpha value is -2.96. The lowest BCUT2D eigenvalue weighted by molar-refractivity contribution is -0.116. The molecule has 1 aromatic carbocycles. The number of piperidine rings is 1. The van der Waals surface area contributed by atoms with E-state index in [2.05, 4.69) is 37.4 Å². The lowest BCUT2D eigenvalue weighted by atomic mass is 10.1. The molecule has 3 aromatic rings. The molecule has 4 rings (SSSR count). The van der Waals surface area contributed by atoms with E-state index in [1.165, 1.54) is 31.3 Å². The van der Waals surface area contributed by atoms with Crippen LogP contribution in [0.1, 0.15) is 42.6 Å². The lowest BCUT2D eigenvalue weighted by Crippen LogP contribution is -2.29. The topological polar surface area (TPSA) is 75.4 Å². The molecule has 0 radical (unpaired) electrons. The van der Waals surface area contributed by atoms with E-state index in [0.717, 1.165) is 35.7 Å². The monoisotopic (exact) mass is 378 g/mol. The van der Waals surface area contributed by atoms with Crippen LogP contribution in [-0.2, 0) is 11.2 Å². The second-order valence-electron chi connectivity index (χ2n) is 7.38. The first-order chi connectivity index (χ1) is 13.6. The lowest BCUT2D eigenvalue weighted by Gasteiger charge is -2.28. The number of aryl methyl sites for hydroxylation is 2. The Morgan fingerprint density at radius 1 is 1.11 bits per heavy atom. The first-order valence-corrected chi connectivity index (χ1v) is 9.92. The van der Waals surface area contributed by atoms with Crippen LogP contribution in [0.5, 0.6) is 0 Å². The number of amides is 1. The van der Waals surface area contributed by atoms with Crippen LogP contribution < -0.4 is 10.2 Å². The van der Waals surface area contributed by atoms with Crippen LogP contribution in [0, 0.1) is 13.8 Å². The number of fused-ring (bicyclic) bond motifs is 1. The summed E-state index contributed by atoms with van der Waals surface area (Å²) in [5, 5.41) is 7.20. The zero-order chi connectivity index (χ0) is 19.5. The third kappa shape index (κ3) is 3.83. The standard InChI is InChI=1S/C21H26N6O/c1-15-19(16(2)27-21(24-15)22-14-23-27)10-11-20(28)25-17-6-8-18(9-7-17)26-12-4-3-5-13-26/h6-9,14H,3-5,10-13H2,1-2H3,(H,25,28). The minimum Gasteiger partial charge on any atom is -0.372 e. The molecule has 0 unspecified atom stereocenters. The molecular weight excluding hydrogens is 352 g/mol. The van der Waals surface area contributed by atoms with Crippen molar-refractivity contribution in [2.24, 2.45) is 0 Å². The van der Waals surface area contributed by atoms with Gasteiger partial charge in [-0.3, -0.25) is 4.79 Å². The molecule has 7 nitrogen and oxygen atoms in total. The molecule has 28 heavy (non-hydrogen) atoms. The molecule has 1 saturated heterocycles. The summed E-state index contributed by atoms with van der Waals surface area (Å²) >= 11 is 0. The average molecular weight is 378 g/mol. The van der Waals surface area contributed by atoms with Gasteiger partial charge in [0, 0.05) is 42.3 Å². The summed E-state index contributed by atoms with van der Waals surface area (Å²) in [7, 11) is 0. The zero-order valence-electron chi connectivity index (χ0n) is 16.5. The number of hydrogen-bond acceptors (Lipinski definition) is 5. The molecule has 146 valence electrons. The molecule has 0 aliphatic carbocycles. The molecular formula is C21H26N6O. The fourth-order valence-electron chi connectivity index (χ4n) is 3.89. The molecule has 1 aliphatic rings. The summed E-state index contributed by atoms with van der Waals surface area (Å²) in [5.41, 5.74) is 5.00. The maximum absolute atomic E-state index is 12.4. The molecule has 3 heterocycles. The molecule has 0 spiro atoms. The van der Waals surface area contributed by atoms with E-state index in [0.29, 0.717) is 18.6 Å². The number of rotatable bonds is 5. The molecule has 1 amide bonds. The van der Waals surface area contributed by atoms with Crippen LogP contribution in [0.2, 0.25) is 0 Å². The van der Waals surface area contributed by atoms with Gasteiger partial charge in [-0.25, -0.2) is 9.50 Å². The van der Waals surface area contributed by atoms with E-state index in [1.54, 1.807) is 4.52 Å². The van der Waals surface area contributed by atoms with Crippen molar-refractivity contribution in [1.82, 2.24) is 19.6 Å². The smallest absolute Gasteiger partial charge is 0.252 e. The van der Waals surface area contributed by atoms with Crippen molar-refractivity contribution in [3.8, 4) is 0 Å². The predicted octanol–water partition coefficient (Wildman–Crippen LogP) is 3.30. The van der Waals surface area contributed by atoms with Crippen molar-refractivity contribution < 1.29 is 4.79 Å². The van der Waals surface area contributed by atoms with E-state index >= 15 is 0 Å². The minimum atomic E-state index is 0.00297. The number of aromatic nitrogens is 4. The first-order valence-electron chi connectivity index (χ1n) is 9.92. The summed E-state index contributed by atoms with van der Waals surface area (Å²) in [6, 6.07) is 8.16. The van der Waals surface area contributed by atoms with Crippen LogP contribution in [0.15, 0.2) is 30.6 Å². The van der Waals surface area contributed by atoms with Crippen LogP contribution >= 0.6 is 0 Å². The van der Waals surface area contributed by atoms with Gasteiger partial charge in [-0.15, -0.1) is 0 Å². The van der Waals surface area contributed by atoms with E-state index < -0.39 is 0 Å². The Balaban J connectivity index is 1.37. The van der Waals surface area contributed by atoms with Crippen LogP contribution in [-0.4, -0.2) is 38.6 Å². The summed E-state index contributed by atoms with van der Waals surface area (Å²) < 4.78 is 1.72. The van der Waals surface area contributed by atoms with Gasteiger partial charge >= 0.3 is 0 Å². The third-order valence-electron chi connectivity index (χ3n) is 5.46. The van der Waals surface area contributed by atoms with E-state index in [9.17, 15) is 4.79 Å². The van der Waals surface area contributed by atoms with Crippen molar-refractivity contribution in [3.63, 3.8) is 0 Å². The Kier molecular flexibility index (Phi) is 5.23. The van der Waals surface area contributed by atoms with Gasteiger partial charge in [0.25, 0.3) is 5.78 Å². The van der Waals surface area contributed by atoms with E-state index in [1.807, 2.05) is 26.0 Å². The first kappa shape index (κ1) is 18.4. The Morgan fingerprint density at radius 2 is 1.86 bits per heavy atom. The Bertz CT molecular complexity index is 972. The van der Waals surface area contributed by atoms with Crippen LogP contribution in [0.3, 0.4) is 0 Å². The molecule has 1 fully saturated rings. The number of anilines is 2. The maximum atomic E-state index is 12.4. The second-order valence-corrected chi connectivity index (χ2v) is 7.38. The Morgan fingerprint density at radius 3 is 2.61 bits per heavy atom. The number of nitrogens with zero attached hydrogens (tertiary/aromatic N) is 5. The number of benzene rings is 1. The molecule has 0 atom stereocenters. The number of carbonyl (C=O) groups is 1. The molecule has 1 aliphatic heterocycles. The minimum absolute atomic E-state index is 0.00297. The quantitative estimate of drug-likeness (QED) is 0.737. The van der Waals surface area contributed by atoms with Crippen LogP contribution in [0.4, 0.5) is 11.4 Å². The SMILES string of the molecule is Cc1nc2ncnn2c(C)c1CCC(=O)Nc1ccc(N2CCCCC2)cc1. The highest BCUT2D eigenvalue weighted by Crippen LogP contribution is 2.22. The molecule has 7 heteroatoms. The van der Waals surface area contributed by atoms with Gasteiger partial charge < -0.3 is 10.2 Å². The summed E-state index contributed by atoms with van der Waals surface area (Å²) in [6.45, 7) is 6.18. The largest absolute Gasteiger partial charge is 0.372 e. The average Bonchev–Trinajstić information content (AvgIpc) is 3.17. The normalized spacial score (nSPS) is 14.4. The highest BCUT2D eigenvalue weighted by molar-refractivity contribution is 5.91. The van der Waals surface area contributed by atoms with Crippen molar-refractivity contribution >= 4 is 23.1 Å². The van der Waals surface area contributed by atoms with Gasteiger partial charge in [0.2, 0.25) is 5.91 Å². The van der Waals surface area contributed by atoms with Gasteiger partial charge in [0.1, 0.15) is 6.33 Å². The van der Waals surface area contributed by atoms with E-state index in [4.69, 9.17) is 0 Å². The number of hydrogen-bond donors (Lipinski definition) is 1. The highest BCUT2D eigenvalue weighted by atomic mass is 16.1. The Labute approximate surface area is 164 Å². The highest BCUT2D eigenvalue weighted by Gasteiger charge is 2.13. The molecule has 0 saturated carbocycles. The van der Waals surface area contributed by atoms with Crippen LogP contribution in [0.25, 0.3) is 5.78 Å². The zero-order valence-corrected chi connectivity index (χ0v) is 16.5. The van der Waals surface area contributed by atoms with Crippen molar-refractivity contribution in [1.29, 1.82) is 0 Å². The number of nitrogens with one attached hydrogen (secondary N) is 1. The fourth-order valence-corrected chi connectivity index (χ4v) is 3.89. The fraction of sp³-hybridized carbons (Fsp3) is 0.429. The number of carbonyl (C=O) groups excluding carboxylic acids is 1. The van der Waals surface area contributed by atoms with Gasteiger partial charge in [-0.1, -0.05) is 0 Å². The van der Waals surface area contributed by atoms with Gasteiger partial charge in [-0.05, 0) is 69.4 Å².